The molecule has 0 saturated heterocycles. The van der Waals surface area contributed by atoms with Crippen molar-refractivity contribution in [2.24, 2.45) is 0 Å². The van der Waals surface area contributed by atoms with Crippen molar-refractivity contribution in [3.05, 3.63) is 46.3 Å². The summed E-state index contributed by atoms with van der Waals surface area (Å²) in [6.45, 7) is 2.18. The Hall–Kier alpha value is -2.26. The number of furan rings is 1. The number of nitriles is 1. The third-order valence-electron chi connectivity index (χ3n) is 2.36. The van der Waals surface area contributed by atoms with Crippen LogP contribution in [0.3, 0.4) is 0 Å². The van der Waals surface area contributed by atoms with Crippen LogP contribution in [0.4, 0.5) is 0 Å². The van der Waals surface area contributed by atoms with Crippen LogP contribution in [0.15, 0.2) is 39.4 Å². The molecule has 102 valence electrons. The molecule has 1 aromatic heterocycles. The van der Waals surface area contributed by atoms with E-state index in [-0.39, 0.29) is 11.5 Å². The average Bonchev–Trinajstić information content (AvgIpc) is 2.96. The highest BCUT2D eigenvalue weighted by molar-refractivity contribution is 9.10. The van der Waals surface area contributed by atoms with E-state index >= 15 is 0 Å². The minimum absolute atomic E-state index is 0.0868. The monoisotopic (exact) mass is 335 g/mol. The number of carbonyl (C=O) groups excluding carboxylic acids is 1. The molecule has 2 rings (SSSR count). The number of rotatable bonds is 4. The number of esters is 1. The average molecular weight is 336 g/mol. The Kier molecular flexibility index (Phi) is 4.43. The maximum atomic E-state index is 11.9. The number of hydrogen-bond acceptors (Lipinski definition) is 5. The van der Waals surface area contributed by atoms with Crippen LogP contribution in [0.5, 0.6) is 11.5 Å². The molecule has 0 bridgehead atoms. The molecular weight excluding hydrogens is 326 g/mol. The summed E-state index contributed by atoms with van der Waals surface area (Å²) in [6, 6.07) is 8.16. The Bertz CT molecular complexity index is 659. The molecule has 0 aliphatic carbocycles. The fraction of sp³-hybridized carbons (Fsp3) is 0.143. The van der Waals surface area contributed by atoms with Crippen molar-refractivity contribution < 1.29 is 18.7 Å². The molecule has 0 radical (unpaired) electrons. The number of halogens is 1. The topological polar surface area (TPSA) is 72.5 Å². The molecule has 5 nitrogen and oxygen atoms in total. The SMILES string of the molecule is CCOc1cc(C#N)cc(Br)c1OC(=O)c1ccco1. The second-order valence-electron chi connectivity index (χ2n) is 3.70. The highest BCUT2D eigenvalue weighted by atomic mass is 79.9. The van der Waals surface area contributed by atoms with Gasteiger partial charge in [-0.3, -0.25) is 0 Å². The minimum Gasteiger partial charge on any atom is -0.490 e. The van der Waals surface area contributed by atoms with Gasteiger partial charge in [-0.2, -0.15) is 5.26 Å². The van der Waals surface area contributed by atoms with E-state index in [1.807, 2.05) is 6.07 Å². The molecule has 0 amide bonds. The third-order valence-corrected chi connectivity index (χ3v) is 2.94. The summed E-state index contributed by atoms with van der Waals surface area (Å²) >= 11 is 3.26. The van der Waals surface area contributed by atoms with Gasteiger partial charge in [0.1, 0.15) is 0 Å². The van der Waals surface area contributed by atoms with Crippen molar-refractivity contribution in [2.75, 3.05) is 6.61 Å². The number of hydrogen-bond donors (Lipinski definition) is 0. The number of carbonyl (C=O) groups is 1. The van der Waals surface area contributed by atoms with Crippen LogP contribution in [-0.2, 0) is 0 Å². The summed E-state index contributed by atoms with van der Waals surface area (Å²) in [5.41, 5.74) is 0.401. The summed E-state index contributed by atoms with van der Waals surface area (Å²) in [6.07, 6.45) is 1.38. The Balaban J connectivity index is 2.35. The molecule has 0 fully saturated rings. The lowest BCUT2D eigenvalue weighted by Gasteiger charge is -2.12. The van der Waals surface area contributed by atoms with Crippen molar-refractivity contribution >= 4 is 21.9 Å². The van der Waals surface area contributed by atoms with E-state index in [9.17, 15) is 4.79 Å². The summed E-state index contributed by atoms with van der Waals surface area (Å²) in [7, 11) is 0. The van der Waals surface area contributed by atoms with Crippen LogP contribution in [-0.4, -0.2) is 12.6 Å². The van der Waals surface area contributed by atoms with Crippen LogP contribution in [0.1, 0.15) is 23.0 Å². The number of benzene rings is 1. The van der Waals surface area contributed by atoms with Crippen LogP contribution < -0.4 is 9.47 Å². The van der Waals surface area contributed by atoms with Gasteiger partial charge in [-0.1, -0.05) is 0 Å². The van der Waals surface area contributed by atoms with Gasteiger partial charge in [-0.05, 0) is 41.1 Å². The first-order valence-electron chi connectivity index (χ1n) is 5.77. The van der Waals surface area contributed by atoms with E-state index in [1.54, 1.807) is 19.1 Å². The Morgan fingerprint density at radius 3 is 2.90 bits per heavy atom. The van der Waals surface area contributed by atoms with Crippen LogP contribution in [0.25, 0.3) is 0 Å². The number of nitrogens with zero attached hydrogens (tertiary/aromatic N) is 1. The Morgan fingerprint density at radius 1 is 1.50 bits per heavy atom. The first kappa shape index (κ1) is 14.2. The molecular formula is C14H10BrNO4. The van der Waals surface area contributed by atoms with Gasteiger partial charge in [0, 0.05) is 6.07 Å². The second kappa shape index (κ2) is 6.26. The van der Waals surface area contributed by atoms with Crippen LogP contribution in [0.2, 0.25) is 0 Å². The Morgan fingerprint density at radius 2 is 2.30 bits per heavy atom. The van der Waals surface area contributed by atoms with E-state index in [1.165, 1.54) is 18.4 Å². The number of ether oxygens (including phenoxy) is 2. The summed E-state index contributed by atoms with van der Waals surface area (Å²) in [5, 5.41) is 8.93. The van der Waals surface area contributed by atoms with Gasteiger partial charge in [0.2, 0.25) is 5.76 Å². The molecule has 0 aliphatic rings. The van der Waals surface area contributed by atoms with Crippen LogP contribution in [0, 0.1) is 11.3 Å². The van der Waals surface area contributed by atoms with Crippen LogP contribution >= 0.6 is 15.9 Å². The highest BCUT2D eigenvalue weighted by Crippen LogP contribution is 2.37. The summed E-state index contributed by atoms with van der Waals surface area (Å²) in [5.74, 6) is -0.0179. The van der Waals surface area contributed by atoms with Crippen molar-refractivity contribution in [3.63, 3.8) is 0 Å². The third kappa shape index (κ3) is 3.00. The zero-order chi connectivity index (χ0) is 14.5. The minimum atomic E-state index is -0.638. The molecule has 0 atom stereocenters. The molecule has 2 aromatic rings. The van der Waals surface area contributed by atoms with Crippen molar-refractivity contribution in [2.45, 2.75) is 6.92 Å². The summed E-state index contributed by atoms with van der Waals surface area (Å²) < 4.78 is 16.1. The lowest BCUT2D eigenvalue weighted by Crippen LogP contribution is -2.09. The molecule has 0 N–H and O–H groups in total. The van der Waals surface area contributed by atoms with Gasteiger partial charge in [-0.15, -0.1) is 0 Å². The maximum Gasteiger partial charge on any atom is 0.379 e. The lowest BCUT2D eigenvalue weighted by molar-refractivity contribution is 0.0693. The van der Waals surface area contributed by atoms with E-state index in [4.69, 9.17) is 19.2 Å². The van der Waals surface area contributed by atoms with Gasteiger partial charge in [0.15, 0.2) is 11.5 Å². The second-order valence-corrected chi connectivity index (χ2v) is 4.55. The zero-order valence-corrected chi connectivity index (χ0v) is 12.1. The quantitative estimate of drug-likeness (QED) is 0.631. The van der Waals surface area contributed by atoms with Gasteiger partial charge < -0.3 is 13.9 Å². The first-order valence-corrected chi connectivity index (χ1v) is 6.57. The maximum absolute atomic E-state index is 11.9. The molecule has 0 saturated carbocycles. The van der Waals surface area contributed by atoms with Crippen molar-refractivity contribution in [1.82, 2.24) is 0 Å². The standard InChI is InChI=1S/C14H10BrNO4/c1-2-18-12-7-9(8-16)6-10(15)13(12)20-14(17)11-4-3-5-19-11/h3-7H,2H2,1H3. The van der Waals surface area contributed by atoms with E-state index in [0.29, 0.717) is 22.4 Å². The lowest BCUT2D eigenvalue weighted by atomic mass is 10.2. The summed E-state index contributed by atoms with van der Waals surface area (Å²) in [4.78, 5) is 11.9. The zero-order valence-electron chi connectivity index (χ0n) is 10.6. The van der Waals surface area contributed by atoms with Crippen molar-refractivity contribution in [1.29, 1.82) is 5.26 Å². The molecule has 1 aromatic carbocycles. The normalized spacial score (nSPS) is 9.85. The fourth-order valence-electron chi connectivity index (χ4n) is 1.53. The van der Waals surface area contributed by atoms with Gasteiger partial charge >= 0.3 is 5.97 Å². The van der Waals surface area contributed by atoms with Gasteiger partial charge in [-0.25, -0.2) is 4.79 Å². The van der Waals surface area contributed by atoms with Gasteiger partial charge in [0.25, 0.3) is 0 Å². The van der Waals surface area contributed by atoms with Crippen molar-refractivity contribution in [3.8, 4) is 17.6 Å². The van der Waals surface area contributed by atoms with Gasteiger partial charge in [0.05, 0.1) is 29.0 Å². The Labute approximate surface area is 123 Å². The fourth-order valence-corrected chi connectivity index (χ4v) is 2.06. The van der Waals surface area contributed by atoms with E-state index < -0.39 is 5.97 Å². The largest absolute Gasteiger partial charge is 0.490 e. The predicted molar refractivity (Wildman–Crippen MR) is 73.7 cm³/mol. The smallest absolute Gasteiger partial charge is 0.379 e. The molecule has 1 heterocycles. The molecule has 6 heteroatoms. The molecule has 0 spiro atoms. The van der Waals surface area contributed by atoms with E-state index in [0.717, 1.165) is 0 Å². The first-order chi connectivity index (χ1) is 9.65. The highest BCUT2D eigenvalue weighted by Gasteiger charge is 2.18. The molecule has 20 heavy (non-hydrogen) atoms. The molecule has 0 unspecified atom stereocenters. The van der Waals surface area contributed by atoms with E-state index in [2.05, 4.69) is 15.9 Å². The molecule has 0 aliphatic heterocycles. The predicted octanol–water partition coefficient (Wildman–Crippen LogP) is 3.53.